The third-order valence-corrected chi connectivity index (χ3v) is 4.96. The van der Waals surface area contributed by atoms with Crippen LogP contribution in [0.4, 0.5) is 4.39 Å². The molecule has 0 saturated heterocycles. The summed E-state index contributed by atoms with van der Waals surface area (Å²) in [6.07, 6.45) is -0.498. The summed E-state index contributed by atoms with van der Waals surface area (Å²) in [6.45, 7) is 13.8. The van der Waals surface area contributed by atoms with Gasteiger partial charge in [0.1, 0.15) is 12.8 Å². The molecule has 190 valence electrons. The lowest BCUT2D eigenvalue weighted by Crippen LogP contribution is -2.45. The van der Waals surface area contributed by atoms with Gasteiger partial charge in [0.25, 0.3) is 0 Å². The van der Waals surface area contributed by atoms with Crippen molar-refractivity contribution in [3.05, 3.63) is 0 Å². The molecular weight excluding hydrogens is 421 g/mol. The monoisotopic (exact) mass is 465 g/mol. The Morgan fingerprint density at radius 3 is 1.78 bits per heavy atom. The summed E-state index contributed by atoms with van der Waals surface area (Å²) in [5, 5.41) is 2.58. The summed E-state index contributed by atoms with van der Waals surface area (Å²) in [7, 11) is 0. The van der Waals surface area contributed by atoms with Gasteiger partial charge in [-0.3, -0.25) is 9.59 Å². The molecule has 0 aromatic heterocycles. The van der Waals surface area contributed by atoms with Crippen molar-refractivity contribution >= 4 is 11.7 Å². The maximum Gasteiger partial charge on any atom is 0.222 e. The number of carbonyl (C=O) groups is 2. The van der Waals surface area contributed by atoms with Crippen LogP contribution in [0, 0.1) is 11.8 Å². The smallest absolute Gasteiger partial charge is 0.222 e. The minimum atomic E-state index is -1.32. The number of amides is 1. The molecule has 0 saturated carbocycles. The highest BCUT2D eigenvalue weighted by atomic mass is 19.1. The van der Waals surface area contributed by atoms with E-state index in [0.717, 1.165) is 6.42 Å². The highest BCUT2D eigenvalue weighted by Gasteiger charge is 2.30. The molecule has 0 spiro atoms. The maximum atomic E-state index is 14.3. The second-order valence-corrected chi connectivity index (χ2v) is 8.48. The van der Waals surface area contributed by atoms with Crippen molar-refractivity contribution in [3.63, 3.8) is 0 Å². The molecule has 0 aromatic carbocycles. The summed E-state index contributed by atoms with van der Waals surface area (Å²) < 4.78 is 41.3. The minimum absolute atomic E-state index is 0.0361. The van der Waals surface area contributed by atoms with Crippen molar-refractivity contribution in [2.24, 2.45) is 11.8 Å². The summed E-state index contributed by atoms with van der Waals surface area (Å²) in [5.41, 5.74) is -1.02. The van der Waals surface area contributed by atoms with Crippen molar-refractivity contribution in [3.8, 4) is 0 Å². The molecule has 0 fully saturated rings. The van der Waals surface area contributed by atoms with Crippen LogP contribution in [-0.2, 0) is 33.3 Å². The number of hydrogen-bond acceptors (Lipinski definition) is 7. The number of nitrogens with one attached hydrogen (secondary N) is 1. The molecule has 1 N–H and O–H groups in total. The normalized spacial score (nSPS) is 13.9. The first-order chi connectivity index (χ1) is 15.1. The van der Waals surface area contributed by atoms with E-state index in [1.54, 1.807) is 27.7 Å². The van der Waals surface area contributed by atoms with Crippen LogP contribution in [-0.4, -0.2) is 89.5 Å². The van der Waals surface area contributed by atoms with E-state index in [0.29, 0.717) is 46.2 Å². The van der Waals surface area contributed by atoms with Crippen molar-refractivity contribution in [1.29, 1.82) is 0 Å². The van der Waals surface area contributed by atoms with E-state index in [1.807, 2.05) is 13.8 Å². The topological polar surface area (TPSA) is 92.3 Å². The Morgan fingerprint density at radius 1 is 0.844 bits per heavy atom. The van der Waals surface area contributed by atoms with Gasteiger partial charge in [0.2, 0.25) is 5.91 Å². The molecule has 1 amide bonds. The van der Waals surface area contributed by atoms with E-state index >= 15 is 0 Å². The van der Waals surface area contributed by atoms with Crippen LogP contribution in [0.15, 0.2) is 0 Å². The largest absolute Gasteiger partial charge is 0.377 e. The van der Waals surface area contributed by atoms with E-state index in [9.17, 15) is 14.0 Å². The standard InChI is InChI=1S/C23H44FNO7/c1-7-19(4)20(26)17-31-13-12-29-9-8-28-10-11-30-14-15-32-23(5,6)21(24)16-25-22(27)18(2)3/h18-19,21H,7-17H2,1-6H3,(H,25,27). The van der Waals surface area contributed by atoms with Crippen LogP contribution in [0.2, 0.25) is 0 Å². The van der Waals surface area contributed by atoms with E-state index < -0.39 is 11.8 Å². The zero-order chi connectivity index (χ0) is 24.4. The van der Waals surface area contributed by atoms with Gasteiger partial charge in [-0.2, -0.15) is 0 Å². The van der Waals surface area contributed by atoms with Crippen molar-refractivity contribution < 1.29 is 37.7 Å². The molecule has 0 radical (unpaired) electrons. The minimum Gasteiger partial charge on any atom is -0.377 e. The van der Waals surface area contributed by atoms with Gasteiger partial charge in [0.15, 0.2) is 5.78 Å². The van der Waals surface area contributed by atoms with Crippen molar-refractivity contribution in [2.75, 3.05) is 66.0 Å². The van der Waals surface area contributed by atoms with Gasteiger partial charge in [0, 0.05) is 11.8 Å². The summed E-state index contributed by atoms with van der Waals surface area (Å²) in [6, 6.07) is 0. The molecule has 2 unspecified atom stereocenters. The zero-order valence-electron chi connectivity index (χ0n) is 20.7. The fraction of sp³-hybridized carbons (Fsp3) is 0.913. The Hall–Kier alpha value is -1.13. The molecule has 0 aliphatic heterocycles. The first-order valence-corrected chi connectivity index (χ1v) is 11.5. The lowest BCUT2D eigenvalue weighted by atomic mass is 10.0. The number of ketones is 1. The third-order valence-electron chi connectivity index (χ3n) is 4.96. The lowest BCUT2D eigenvalue weighted by Gasteiger charge is -2.29. The second kappa shape index (κ2) is 18.3. The van der Waals surface area contributed by atoms with E-state index in [1.165, 1.54) is 0 Å². The van der Waals surface area contributed by atoms with E-state index in [2.05, 4.69) is 5.32 Å². The van der Waals surface area contributed by atoms with Crippen LogP contribution in [0.25, 0.3) is 0 Å². The molecule has 0 rings (SSSR count). The number of rotatable bonds is 21. The van der Waals surface area contributed by atoms with Crippen LogP contribution >= 0.6 is 0 Å². The van der Waals surface area contributed by atoms with Crippen LogP contribution < -0.4 is 5.32 Å². The molecule has 2 atom stereocenters. The molecule has 32 heavy (non-hydrogen) atoms. The van der Waals surface area contributed by atoms with Gasteiger partial charge >= 0.3 is 0 Å². The molecule has 0 bridgehead atoms. The summed E-state index contributed by atoms with van der Waals surface area (Å²) >= 11 is 0. The Balaban J connectivity index is 3.53. The third kappa shape index (κ3) is 15.6. The van der Waals surface area contributed by atoms with Gasteiger partial charge < -0.3 is 29.0 Å². The zero-order valence-corrected chi connectivity index (χ0v) is 20.7. The fourth-order valence-electron chi connectivity index (χ4n) is 2.30. The average molecular weight is 466 g/mol. The van der Waals surface area contributed by atoms with Crippen LogP contribution in [0.3, 0.4) is 0 Å². The number of ether oxygens (including phenoxy) is 5. The molecule has 0 aliphatic carbocycles. The number of carbonyl (C=O) groups excluding carboxylic acids is 2. The predicted octanol–water partition coefficient (Wildman–Crippen LogP) is 2.57. The Kier molecular flexibility index (Phi) is 17.7. The van der Waals surface area contributed by atoms with Gasteiger partial charge in [-0.1, -0.05) is 27.7 Å². The molecule has 0 heterocycles. The molecule has 8 nitrogen and oxygen atoms in total. The first-order valence-electron chi connectivity index (χ1n) is 11.5. The molecule has 0 aromatic rings. The Labute approximate surface area is 192 Å². The van der Waals surface area contributed by atoms with Crippen LogP contribution in [0.1, 0.15) is 48.0 Å². The van der Waals surface area contributed by atoms with E-state index in [4.69, 9.17) is 23.7 Å². The second-order valence-electron chi connectivity index (χ2n) is 8.48. The quantitative estimate of drug-likeness (QED) is 0.261. The molecular formula is C23H44FNO7. The van der Waals surface area contributed by atoms with Gasteiger partial charge in [-0.25, -0.2) is 4.39 Å². The fourth-order valence-corrected chi connectivity index (χ4v) is 2.30. The number of Topliss-reactive ketones (excluding diaryl/α,β-unsaturated/α-hetero) is 1. The Morgan fingerprint density at radius 2 is 1.31 bits per heavy atom. The maximum absolute atomic E-state index is 14.3. The van der Waals surface area contributed by atoms with Gasteiger partial charge in [-0.05, 0) is 20.3 Å². The molecule has 0 aliphatic rings. The van der Waals surface area contributed by atoms with Gasteiger partial charge in [-0.15, -0.1) is 0 Å². The van der Waals surface area contributed by atoms with E-state index in [-0.39, 0.29) is 43.3 Å². The van der Waals surface area contributed by atoms with Gasteiger partial charge in [0.05, 0.1) is 65.0 Å². The summed E-state index contributed by atoms with van der Waals surface area (Å²) in [5.74, 6) is -0.212. The Bertz CT molecular complexity index is 503. The number of hydrogen-bond donors (Lipinski definition) is 1. The highest BCUT2D eigenvalue weighted by Crippen LogP contribution is 2.17. The lowest BCUT2D eigenvalue weighted by molar-refractivity contribution is -0.128. The SMILES string of the molecule is CCC(C)C(=O)COCCOCCOCCOCCOC(C)(C)C(F)CNC(=O)C(C)C. The average Bonchev–Trinajstić information content (AvgIpc) is 2.76. The molecule has 9 heteroatoms. The summed E-state index contributed by atoms with van der Waals surface area (Å²) in [4.78, 5) is 23.1. The van der Waals surface area contributed by atoms with Crippen molar-refractivity contribution in [2.45, 2.75) is 59.7 Å². The number of alkyl halides is 1. The van der Waals surface area contributed by atoms with Crippen molar-refractivity contribution in [1.82, 2.24) is 5.32 Å². The number of halogens is 1. The highest BCUT2D eigenvalue weighted by molar-refractivity contribution is 5.81. The first kappa shape index (κ1) is 30.9. The predicted molar refractivity (Wildman–Crippen MR) is 121 cm³/mol. The van der Waals surface area contributed by atoms with Crippen LogP contribution in [0.5, 0.6) is 0 Å².